The molecule has 1 aliphatic heterocycles. The van der Waals surface area contributed by atoms with Crippen molar-refractivity contribution in [3.63, 3.8) is 0 Å². The number of halogens is 3. The third kappa shape index (κ3) is 5.76. The Kier molecular flexibility index (Phi) is 7.24. The van der Waals surface area contributed by atoms with E-state index in [4.69, 9.17) is 9.47 Å². The first-order chi connectivity index (χ1) is 20.2. The van der Waals surface area contributed by atoms with E-state index in [9.17, 15) is 23.2 Å². The van der Waals surface area contributed by atoms with Crippen LogP contribution in [0, 0.1) is 23.2 Å². The van der Waals surface area contributed by atoms with Gasteiger partial charge in [-0.3, -0.25) is 4.79 Å². The minimum Gasteiger partial charge on any atom is -0.454 e. The third-order valence-corrected chi connectivity index (χ3v) is 7.46. The molecule has 2 aromatic carbocycles. The van der Waals surface area contributed by atoms with Gasteiger partial charge in [-0.2, -0.15) is 23.5 Å². The number of carbonyl (C=O) groups is 1. The predicted molar refractivity (Wildman–Crippen MR) is 149 cm³/mol. The minimum absolute atomic E-state index is 0.111. The van der Waals surface area contributed by atoms with Crippen LogP contribution in [-0.4, -0.2) is 29.0 Å². The minimum atomic E-state index is -4.76. The number of hydrogen-bond acceptors (Lipinski definition) is 6. The lowest BCUT2D eigenvalue weighted by atomic mass is 9.95. The van der Waals surface area contributed by atoms with Gasteiger partial charge in [-0.05, 0) is 67.5 Å². The highest BCUT2D eigenvalue weighted by Gasteiger charge is 2.37. The number of nitrogens with one attached hydrogen (secondary N) is 2. The summed E-state index contributed by atoms with van der Waals surface area (Å²) >= 11 is 0. The number of aromatic nitrogens is 2. The number of nitrogens with zero attached hydrogens (tertiary/aromatic N) is 3. The summed E-state index contributed by atoms with van der Waals surface area (Å²) in [4.78, 5) is 13.5. The highest BCUT2D eigenvalue weighted by molar-refractivity contribution is 6.04. The molecule has 6 rings (SSSR count). The van der Waals surface area contributed by atoms with Gasteiger partial charge in [-0.15, -0.1) is 0 Å². The van der Waals surface area contributed by atoms with E-state index in [-0.39, 0.29) is 30.1 Å². The van der Waals surface area contributed by atoms with Crippen molar-refractivity contribution in [2.75, 3.05) is 18.7 Å². The Bertz CT molecular complexity index is 1630. The van der Waals surface area contributed by atoms with Gasteiger partial charge in [0.05, 0.1) is 17.8 Å². The lowest BCUT2D eigenvalue weighted by Gasteiger charge is -2.22. The normalized spacial score (nSPS) is 18.6. The molecule has 11 heteroatoms. The summed E-state index contributed by atoms with van der Waals surface area (Å²) in [6, 6.07) is 15.4. The van der Waals surface area contributed by atoms with Crippen molar-refractivity contribution in [2.45, 2.75) is 38.4 Å². The first-order valence-corrected chi connectivity index (χ1v) is 13.7. The number of benzene rings is 2. The quantitative estimate of drug-likeness (QED) is 0.327. The van der Waals surface area contributed by atoms with Crippen LogP contribution in [0.2, 0.25) is 0 Å². The maximum Gasteiger partial charge on any atom is 0.435 e. The van der Waals surface area contributed by atoms with Crippen molar-refractivity contribution >= 4 is 17.3 Å². The van der Waals surface area contributed by atoms with E-state index in [1.807, 2.05) is 31.2 Å². The van der Waals surface area contributed by atoms with Crippen molar-refractivity contribution in [1.29, 1.82) is 5.26 Å². The zero-order valence-corrected chi connectivity index (χ0v) is 22.7. The molecule has 3 aliphatic rings. The smallest absolute Gasteiger partial charge is 0.435 e. The van der Waals surface area contributed by atoms with Gasteiger partial charge < -0.3 is 20.1 Å². The summed E-state index contributed by atoms with van der Waals surface area (Å²) in [6.07, 6.45) is 1.19. The molecule has 1 amide bonds. The number of nitriles is 1. The topological polar surface area (TPSA) is 101 Å². The van der Waals surface area contributed by atoms with Crippen LogP contribution in [-0.2, 0) is 6.18 Å². The molecule has 8 nitrogen and oxygen atoms in total. The number of allylic oxidation sites excluding steroid dienone is 4. The fraction of sp³-hybridized carbons (Fsp3) is 0.323. The molecule has 2 heterocycles. The summed E-state index contributed by atoms with van der Waals surface area (Å²) in [5.74, 6) is 1.04. The van der Waals surface area contributed by atoms with Gasteiger partial charge in [-0.25, -0.2) is 4.68 Å². The van der Waals surface area contributed by atoms with Crippen LogP contribution in [0.5, 0.6) is 11.5 Å². The number of alkyl halides is 3. The summed E-state index contributed by atoms with van der Waals surface area (Å²) < 4.78 is 53.3. The van der Waals surface area contributed by atoms with Crippen LogP contribution in [0.3, 0.4) is 0 Å². The van der Waals surface area contributed by atoms with Crippen molar-refractivity contribution in [3.8, 4) is 17.6 Å². The molecule has 2 atom stereocenters. The van der Waals surface area contributed by atoms with E-state index in [1.165, 1.54) is 6.08 Å². The Morgan fingerprint density at radius 2 is 2.00 bits per heavy atom. The van der Waals surface area contributed by atoms with Gasteiger partial charge in [-0.1, -0.05) is 37.3 Å². The van der Waals surface area contributed by atoms with Crippen molar-refractivity contribution in [3.05, 3.63) is 88.8 Å². The lowest BCUT2D eigenvalue weighted by Crippen LogP contribution is -2.25. The number of anilines is 1. The molecule has 1 aromatic heterocycles. The molecule has 0 bridgehead atoms. The molecular weight excluding hydrogens is 547 g/mol. The van der Waals surface area contributed by atoms with Crippen molar-refractivity contribution in [2.24, 2.45) is 11.8 Å². The van der Waals surface area contributed by atoms with Crippen LogP contribution >= 0.6 is 0 Å². The summed E-state index contributed by atoms with van der Waals surface area (Å²) in [5.41, 5.74) is 1.28. The summed E-state index contributed by atoms with van der Waals surface area (Å²) in [7, 11) is 0. The maximum atomic E-state index is 13.7. The van der Waals surface area contributed by atoms with Crippen LogP contribution in [0.1, 0.15) is 59.5 Å². The second-order valence-corrected chi connectivity index (χ2v) is 10.8. The van der Waals surface area contributed by atoms with E-state index in [1.54, 1.807) is 24.3 Å². The van der Waals surface area contributed by atoms with Crippen LogP contribution < -0.4 is 20.1 Å². The average Bonchev–Trinajstić information content (AvgIpc) is 3.45. The van der Waals surface area contributed by atoms with Gasteiger partial charge in [0.2, 0.25) is 6.79 Å². The number of ether oxygens (including phenoxy) is 2. The van der Waals surface area contributed by atoms with E-state index >= 15 is 0 Å². The zero-order chi connectivity index (χ0) is 29.4. The molecule has 0 radical (unpaired) electrons. The summed E-state index contributed by atoms with van der Waals surface area (Å²) in [6.45, 7) is 2.78. The van der Waals surface area contributed by atoms with Crippen LogP contribution in [0.15, 0.2) is 66.3 Å². The molecule has 2 unspecified atom stereocenters. The fourth-order valence-electron chi connectivity index (χ4n) is 5.26. The molecular formula is C31H28F3N5O3. The van der Waals surface area contributed by atoms with Crippen molar-refractivity contribution < 1.29 is 27.4 Å². The molecule has 1 fully saturated rings. The molecule has 2 N–H and O–H groups in total. The highest BCUT2D eigenvalue weighted by atomic mass is 19.4. The molecule has 0 saturated heterocycles. The Labute approximate surface area is 240 Å². The van der Waals surface area contributed by atoms with Crippen molar-refractivity contribution in [1.82, 2.24) is 15.1 Å². The Morgan fingerprint density at radius 3 is 2.76 bits per heavy atom. The number of carbonyl (C=O) groups excluding carboxylic acids is 1. The summed E-state index contributed by atoms with van der Waals surface area (Å²) in [5, 5.41) is 19.5. The number of amides is 1. The monoisotopic (exact) mass is 575 g/mol. The lowest BCUT2D eigenvalue weighted by molar-refractivity contribution is -0.141. The average molecular weight is 576 g/mol. The van der Waals surface area contributed by atoms with Crippen LogP contribution in [0.4, 0.5) is 18.9 Å². The standard InChI is InChI=1S/C31H28F3N5O3/c1-18-10-20(15-35)12-23(11-18)39-25(14-27(38-39)31(32,33)34)30(40)37-22-5-2-4-21(13-22)28(36-16-19-8-9-19)24-6-3-7-26-29(24)42-17-41-26/h2-7,11-14,18-19,28,36H,8-10,16-17H2,1H3,(H,37,40). The van der Waals surface area contributed by atoms with Gasteiger partial charge in [0, 0.05) is 22.9 Å². The van der Waals surface area contributed by atoms with E-state index < -0.39 is 17.8 Å². The highest BCUT2D eigenvalue weighted by Crippen LogP contribution is 2.41. The molecule has 3 aromatic rings. The first kappa shape index (κ1) is 27.6. The Balaban J connectivity index is 1.32. The number of rotatable bonds is 8. The van der Waals surface area contributed by atoms with E-state index in [0.717, 1.165) is 41.3 Å². The second-order valence-electron chi connectivity index (χ2n) is 10.8. The molecule has 216 valence electrons. The second kappa shape index (κ2) is 11.0. The molecule has 1 saturated carbocycles. The largest absolute Gasteiger partial charge is 0.454 e. The Hall–Kier alpha value is -4.56. The van der Waals surface area contributed by atoms with Gasteiger partial charge in [0.25, 0.3) is 5.91 Å². The van der Waals surface area contributed by atoms with Crippen LogP contribution in [0.25, 0.3) is 5.70 Å². The molecule has 0 spiro atoms. The van der Waals surface area contributed by atoms with E-state index in [0.29, 0.717) is 35.1 Å². The Morgan fingerprint density at radius 1 is 1.19 bits per heavy atom. The fourth-order valence-corrected chi connectivity index (χ4v) is 5.26. The van der Waals surface area contributed by atoms with Gasteiger partial charge >= 0.3 is 6.18 Å². The van der Waals surface area contributed by atoms with E-state index in [2.05, 4.69) is 21.8 Å². The number of hydrogen-bond donors (Lipinski definition) is 2. The number of fused-ring (bicyclic) bond motifs is 1. The SMILES string of the molecule is CC1C=C(n2nc(C(F)(F)F)cc2C(=O)Nc2cccc(C(NCC3CC3)c3cccc4c3OCO4)c2)C=C(C#N)C1. The third-order valence-electron chi connectivity index (χ3n) is 7.46. The predicted octanol–water partition coefficient (Wildman–Crippen LogP) is 6.30. The first-order valence-electron chi connectivity index (χ1n) is 13.7. The molecule has 2 aliphatic carbocycles. The number of para-hydroxylation sites is 1. The van der Waals surface area contributed by atoms with Gasteiger partial charge in [0.1, 0.15) is 5.69 Å². The van der Waals surface area contributed by atoms with Gasteiger partial charge in [0.15, 0.2) is 17.2 Å². The molecule has 42 heavy (non-hydrogen) atoms. The zero-order valence-electron chi connectivity index (χ0n) is 22.7. The maximum absolute atomic E-state index is 13.7.